The van der Waals surface area contributed by atoms with Crippen molar-refractivity contribution in [2.45, 2.75) is 13.5 Å². The number of ether oxygens (including phenoxy) is 2. The van der Waals surface area contributed by atoms with Crippen molar-refractivity contribution in [3.05, 3.63) is 71.6 Å². The molecule has 0 aliphatic rings. The Morgan fingerprint density at radius 2 is 1.86 bits per heavy atom. The van der Waals surface area contributed by atoms with Crippen LogP contribution >= 0.6 is 0 Å². The van der Waals surface area contributed by atoms with E-state index < -0.39 is 0 Å². The zero-order valence-electron chi connectivity index (χ0n) is 12.3. The molecular formula is C18H17FO3. The largest absolute Gasteiger partial charge is 0.489 e. The highest BCUT2D eigenvalue weighted by molar-refractivity contribution is 5.87. The van der Waals surface area contributed by atoms with E-state index in [0.717, 1.165) is 5.56 Å². The number of carbonyl (C=O) groups is 1. The molecule has 0 bridgehead atoms. The molecule has 0 saturated heterocycles. The molecule has 0 aliphatic heterocycles. The van der Waals surface area contributed by atoms with Gasteiger partial charge in [0.15, 0.2) is 0 Å². The first-order valence-corrected chi connectivity index (χ1v) is 7.00. The van der Waals surface area contributed by atoms with E-state index in [9.17, 15) is 9.18 Å². The number of hydrogen-bond acceptors (Lipinski definition) is 3. The van der Waals surface area contributed by atoms with Crippen molar-refractivity contribution < 1.29 is 18.7 Å². The Bertz CT molecular complexity index is 648. The Morgan fingerprint density at radius 3 is 2.55 bits per heavy atom. The summed E-state index contributed by atoms with van der Waals surface area (Å²) in [7, 11) is 0. The first-order valence-electron chi connectivity index (χ1n) is 7.00. The first-order chi connectivity index (χ1) is 10.7. The maximum absolute atomic E-state index is 13.5. The maximum Gasteiger partial charge on any atom is 0.330 e. The van der Waals surface area contributed by atoms with Gasteiger partial charge in [-0.15, -0.1) is 0 Å². The van der Waals surface area contributed by atoms with Crippen molar-refractivity contribution in [3.63, 3.8) is 0 Å². The van der Waals surface area contributed by atoms with Crippen molar-refractivity contribution in [2.75, 3.05) is 6.61 Å². The lowest BCUT2D eigenvalue weighted by Crippen LogP contribution is -1.99. The molecule has 22 heavy (non-hydrogen) atoms. The summed E-state index contributed by atoms with van der Waals surface area (Å²) >= 11 is 0. The van der Waals surface area contributed by atoms with Crippen LogP contribution in [0.5, 0.6) is 5.75 Å². The second kappa shape index (κ2) is 7.98. The van der Waals surface area contributed by atoms with Crippen LogP contribution in [0.1, 0.15) is 18.1 Å². The normalized spacial score (nSPS) is 10.6. The van der Waals surface area contributed by atoms with E-state index in [0.29, 0.717) is 17.9 Å². The standard InChI is InChI=1S/C18H17FO3/c1-2-21-18(20)12-9-14-7-10-16(11-8-14)22-13-15-5-3-4-6-17(15)19/h3-12H,2,13H2,1H3. The molecule has 4 heteroatoms. The summed E-state index contributed by atoms with van der Waals surface area (Å²) in [6.07, 6.45) is 3.04. The van der Waals surface area contributed by atoms with E-state index in [1.165, 1.54) is 12.1 Å². The molecule has 0 aromatic heterocycles. The van der Waals surface area contributed by atoms with Gasteiger partial charge in [0.2, 0.25) is 0 Å². The van der Waals surface area contributed by atoms with Crippen LogP contribution in [-0.2, 0) is 16.1 Å². The fourth-order valence-electron chi connectivity index (χ4n) is 1.81. The van der Waals surface area contributed by atoms with Gasteiger partial charge < -0.3 is 9.47 Å². The van der Waals surface area contributed by atoms with Crippen molar-refractivity contribution in [3.8, 4) is 5.75 Å². The highest BCUT2D eigenvalue weighted by Gasteiger charge is 2.01. The predicted octanol–water partition coefficient (Wildman–Crippen LogP) is 3.98. The molecule has 0 atom stereocenters. The van der Waals surface area contributed by atoms with E-state index in [2.05, 4.69) is 0 Å². The molecule has 0 radical (unpaired) electrons. The molecule has 3 nitrogen and oxygen atoms in total. The predicted molar refractivity (Wildman–Crippen MR) is 82.8 cm³/mol. The Labute approximate surface area is 129 Å². The van der Waals surface area contributed by atoms with Gasteiger partial charge in [0, 0.05) is 11.6 Å². The van der Waals surface area contributed by atoms with Crippen LogP contribution in [0.15, 0.2) is 54.6 Å². The monoisotopic (exact) mass is 300 g/mol. The average Bonchev–Trinajstić information content (AvgIpc) is 2.53. The molecule has 2 rings (SSSR count). The van der Waals surface area contributed by atoms with Gasteiger partial charge in [-0.1, -0.05) is 30.3 Å². The van der Waals surface area contributed by atoms with Crippen molar-refractivity contribution in [2.24, 2.45) is 0 Å². The topological polar surface area (TPSA) is 35.5 Å². The third-order valence-electron chi connectivity index (χ3n) is 2.93. The summed E-state index contributed by atoms with van der Waals surface area (Å²) < 4.78 is 23.8. The van der Waals surface area contributed by atoms with E-state index in [1.807, 2.05) is 12.1 Å². The summed E-state index contributed by atoms with van der Waals surface area (Å²) in [5.74, 6) is -0.0181. The summed E-state index contributed by atoms with van der Waals surface area (Å²) in [6.45, 7) is 2.28. The first kappa shape index (κ1) is 15.8. The molecule has 0 N–H and O–H groups in total. The fraction of sp³-hybridized carbons (Fsp3) is 0.167. The van der Waals surface area contributed by atoms with Crippen molar-refractivity contribution >= 4 is 12.0 Å². The van der Waals surface area contributed by atoms with Gasteiger partial charge in [-0.05, 0) is 36.8 Å². The number of benzene rings is 2. The van der Waals surface area contributed by atoms with Gasteiger partial charge in [-0.2, -0.15) is 0 Å². The lowest BCUT2D eigenvalue weighted by Gasteiger charge is -2.07. The Balaban J connectivity index is 1.92. The summed E-state index contributed by atoms with van der Waals surface area (Å²) in [4.78, 5) is 11.2. The van der Waals surface area contributed by atoms with E-state index in [-0.39, 0.29) is 18.4 Å². The van der Waals surface area contributed by atoms with E-state index >= 15 is 0 Å². The lowest BCUT2D eigenvalue weighted by atomic mass is 10.2. The van der Waals surface area contributed by atoms with Crippen LogP contribution in [0.4, 0.5) is 4.39 Å². The number of esters is 1. The third kappa shape index (κ3) is 4.74. The number of carbonyl (C=O) groups excluding carboxylic acids is 1. The smallest absolute Gasteiger partial charge is 0.330 e. The molecule has 0 saturated carbocycles. The molecule has 2 aromatic rings. The van der Waals surface area contributed by atoms with Gasteiger partial charge in [-0.25, -0.2) is 9.18 Å². The average molecular weight is 300 g/mol. The molecule has 0 heterocycles. The minimum Gasteiger partial charge on any atom is -0.489 e. The van der Waals surface area contributed by atoms with Crippen LogP contribution in [0.2, 0.25) is 0 Å². The highest BCUT2D eigenvalue weighted by Crippen LogP contribution is 2.16. The van der Waals surface area contributed by atoms with E-state index in [1.54, 1.807) is 43.3 Å². The molecule has 0 aliphatic carbocycles. The van der Waals surface area contributed by atoms with E-state index in [4.69, 9.17) is 9.47 Å². The zero-order chi connectivity index (χ0) is 15.8. The van der Waals surface area contributed by atoms with Crippen LogP contribution in [0.25, 0.3) is 6.08 Å². The van der Waals surface area contributed by atoms with Crippen molar-refractivity contribution in [1.29, 1.82) is 0 Å². The Kier molecular flexibility index (Phi) is 5.72. The highest BCUT2D eigenvalue weighted by atomic mass is 19.1. The molecule has 0 spiro atoms. The molecule has 0 unspecified atom stereocenters. The Morgan fingerprint density at radius 1 is 1.14 bits per heavy atom. The van der Waals surface area contributed by atoms with Crippen LogP contribution < -0.4 is 4.74 Å². The fourth-order valence-corrected chi connectivity index (χ4v) is 1.81. The van der Waals surface area contributed by atoms with Crippen LogP contribution in [0, 0.1) is 5.82 Å². The number of hydrogen-bond donors (Lipinski definition) is 0. The zero-order valence-corrected chi connectivity index (χ0v) is 12.3. The lowest BCUT2D eigenvalue weighted by molar-refractivity contribution is -0.137. The Hall–Kier alpha value is -2.62. The second-order valence-corrected chi connectivity index (χ2v) is 4.53. The molecule has 2 aromatic carbocycles. The minimum absolute atomic E-state index is 0.171. The number of rotatable bonds is 6. The quantitative estimate of drug-likeness (QED) is 0.598. The molecule has 0 fully saturated rings. The summed E-state index contributed by atoms with van der Waals surface area (Å²) in [5.41, 5.74) is 1.36. The van der Waals surface area contributed by atoms with Crippen molar-refractivity contribution in [1.82, 2.24) is 0 Å². The maximum atomic E-state index is 13.5. The summed E-state index contributed by atoms with van der Waals surface area (Å²) in [6, 6.07) is 13.7. The van der Waals surface area contributed by atoms with Crippen LogP contribution in [-0.4, -0.2) is 12.6 Å². The SMILES string of the molecule is CCOC(=O)C=Cc1ccc(OCc2ccccc2F)cc1. The second-order valence-electron chi connectivity index (χ2n) is 4.53. The molecule has 114 valence electrons. The van der Waals surface area contributed by atoms with Gasteiger partial charge in [0.25, 0.3) is 0 Å². The van der Waals surface area contributed by atoms with Crippen LogP contribution in [0.3, 0.4) is 0 Å². The summed E-state index contributed by atoms with van der Waals surface area (Å²) in [5, 5.41) is 0. The van der Waals surface area contributed by atoms with Gasteiger partial charge >= 0.3 is 5.97 Å². The molecule has 0 amide bonds. The van der Waals surface area contributed by atoms with Gasteiger partial charge in [-0.3, -0.25) is 0 Å². The van der Waals surface area contributed by atoms with Gasteiger partial charge in [0.05, 0.1) is 6.61 Å². The minimum atomic E-state index is -0.373. The molecular weight excluding hydrogens is 283 g/mol. The number of halogens is 1. The van der Waals surface area contributed by atoms with Gasteiger partial charge in [0.1, 0.15) is 18.2 Å². The third-order valence-corrected chi connectivity index (χ3v) is 2.93.